The Labute approximate surface area is 275 Å². The second-order valence-corrected chi connectivity index (χ2v) is 12.8. The molecule has 248 valence electrons. The monoisotopic (exact) mass is 654 g/mol. The molecule has 0 bridgehead atoms. The summed E-state index contributed by atoms with van der Waals surface area (Å²) in [6.45, 7) is 7.42. The smallest absolute Gasteiger partial charge is 0.347 e. The number of carbonyl (C=O) groups excluding carboxylic acids is 4. The first-order chi connectivity index (χ1) is 21.9. The third kappa shape index (κ3) is 9.80. The number of halogens is 1. The molecular formula is C35H43ClN2O8. The Kier molecular flexibility index (Phi) is 12.2. The van der Waals surface area contributed by atoms with Gasteiger partial charge in [0.1, 0.15) is 24.0 Å². The van der Waals surface area contributed by atoms with E-state index in [0.29, 0.717) is 16.3 Å². The highest BCUT2D eigenvalue weighted by Gasteiger charge is 2.47. The van der Waals surface area contributed by atoms with E-state index in [1.807, 2.05) is 51.1 Å². The van der Waals surface area contributed by atoms with Crippen molar-refractivity contribution in [3.8, 4) is 5.75 Å². The molecule has 2 aliphatic rings. The fourth-order valence-electron chi connectivity index (χ4n) is 5.52. The molecule has 11 heteroatoms. The molecule has 2 aromatic rings. The molecule has 46 heavy (non-hydrogen) atoms. The fourth-order valence-corrected chi connectivity index (χ4v) is 5.80. The van der Waals surface area contributed by atoms with Crippen LogP contribution in [0.15, 0.2) is 60.7 Å². The molecule has 1 saturated heterocycles. The van der Waals surface area contributed by atoms with Gasteiger partial charge in [-0.25, -0.2) is 4.79 Å². The predicted octanol–water partition coefficient (Wildman–Crippen LogP) is 4.88. The van der Waals surface area contributed by atoms with Gasteiger partial charge in [0.15, 0.2) is 6.10 Å². The van der Waals surface area contributed by atoms with Crippen molar-refractivity contribution in [2.45, 2.75) is 89.9 Å². The summed E-state index contributed by atoms with van der Waals surface area (Å²) in [5, 5.41) is 5.91. The van der Waals surface area contributed by atoms with E-state index in [9.17, 15) is 19.2 Å². The van der Waals surface area contributed by atoms with Crippen molar-refractivity contribution in [3.63, 3.8) is 0 Å². The molecule has 2 amide bonds. The maximum absolute atomic E-state index is 13.4. The molecule has 0 radical (unpaired) electrons. The second kappa shape index (κ2) is 16.1. The highest BCUT2D eigenvalue weighted by Crippen LogP contribution is 2.45. The molecule has 0 aromatic heterocycles. The Bertz CT molecular complexity index is 1410. The Morgan fingerprint density at radius 1 is 1.00 bits per heavy atom. The number of ether oxygens (including phenoxy) is 4. The van der Waals surface area contributed by atoms with Crippen LogP contribution in [-0.4, -0.2) is 61.3 Å². The number of esters is 2. The van der Waals surface area contributed by atoms with Crippen LogP contribution < -0.4 is 15.4 Å². The van der Waals surface area contributed by atoms with Crippen LogP contribution >= 0.6 is 11.6 Å². The van der Waals surface area contributed by atoms with Gasteiger partial charge >= 0.3 is 11.9 Å². The van der Waals surface area contributed by atoms with Crippen molar-refractivity contribution in [1.29, 1.82) is 0 Å². The molecular weight excluding hydrogens is 612 g/mol. The van der Waals surface area contributed by atoms with Gasteiger partial charge in [0.05, 0.1) is 24.7 Å². The van der Waals surface area contributed by atoms with E-state index < -0.39 is 48.0 Å². The van der Waals surface area contributed by atoms with Gasteiger partial charge in [0, 0.05) is 24.8 Å². The molecule has 4 rings (SSSR count). The van der Waals surface area contributed by atoms with Crippen molar-refractivity contribution in [2.24, 2.45) is 11.8 Å². The highest BCUT2D eigenvalue weighted by atomic mass is 35.5. The first-order valence-corrected chi connectivity index (χ1v) is 16.0. The van der Waals surface area contributed by atoms with E-state index in [1.54, 1.807) is 31.2 Å². The zero-order chi connectivity index (χ0) is 33.4. The lowest BCUT2D eigenvalue weighted by atomic mass is 9.93. The average molecular weight is 655 g/mol. The van der Waals surface area contributed by atoms with Crippen LogP contribution in [0.25, 0.3) is 0 Å². The van der Waals surface area contributed by atoms with Crippen LogP contribution in [0.3, 0.4) is 0 Å². The van der Waals surface area contributed by atoms with E-state index in [0.717, 1.165) is 5.56 Å². The molecule has 7 atom stereocenters. The van der Waals surface area contributed by atoms with Crippen LogP contribution in [0.2, 0.25) is 5.02 Å². The maximum atomic E-state index is 13.4. The average Bonchev–Trinajstić information content (AvgIpc) is 3.80. The minimum Gasteiger partial charge on any atom is -0.495 e. The van der Waals surface area contributed by atoms with Gasteiger partial charge < -0.3 is 29.6 Å². The van der Waals surface area contributed by atoms with Crippen LogP contribution in [0.4, 0.5) is 0 Å². The van der Waals surface area contributed by atoms with E-state index in [-0.39, 0.29) is 49.7 Å². The molecule has 0 unspecified atom stereocenters. The molecule has 1 fully saturated rings. The number of nitrogens with one attached hydrogen (secondary N) is 2. The lowest BCUT2D eigenvalue weighted by molar-refractivity contribution is -0.174. The Morgan fingerprint density at radius 3 is 2.41 bits per heavy atom. The molecule has 0 spiro atoms. The van der Waals surface area contributed by atoms with Gasteiger partial charge in [-0.15, -0.1) is 0 Å². The van der Waals surface area contributed by atoms with Crippen molar-refractivity contribution in [2.75, 3.05) is 7.11 Å². The van der Waals surface area contributed by atoms with Gasteiger partial charge in [0.2, 0.25) is 11.8 Å². The van der Waals surface area contributed by atoms with Crippen molar-refractivity contribution in [1.82, 2.24) is 10.6 Å². The largest absolute Gasteiger partial charge is 0.495 e. The lowest BCUT2D eigenvalue weighted by Crippen LogP contribution is -2.50. The van der Waals surface area contributed by atoms with Crippen molar-refractivity contribution < 1.29 is 38.1 Å². The van der Waals surface area contributed by atoms with E-state index in [1.165, 1.54) is 13.2 Å². The van der Waals surface area contributed by atoms with Crippen LogP contribution in [0, 0.1) is 11.8 Å². The second-order valence-electron chi connectivity index (χ2n) is 12.4. The summed E-state index contributed by atoms with van der Waals surface area (Å²) in [6.07, 6.45) is 1.23. The Hall–Kier alpha value is -3.89. The number of benzene rings is 2. The number of carbonyl (C=O) groups is 4. The summed E-state index contributed by atoms with van der Waals surface area (Å²) in [7, 11) is 1.51. The van der Waals surface area contributed by atoms with Crippen molar-refractivity contribution in [3.05, 3.63) is 76.8 Å². The number of rotatable bonds is 8. The molecule has 2 aliphatic heterocycles. The highest BCUT2D eigenvalue weighted by molar-refractivity contribution is 6.32. The van der Waals surface area contributed by atoms with Gasteiger partial charge in [-0.05, 0) is 48.6 Å². The summed E-state index contributed by atoms with van der Waals surface area (Å²) in [5.41, 5.74) is 1.73. The zero-order valence-electron chi connectivity index (χ0n) is 26.9. The minimum atomic E-state index is -1.12. The van der Waals surface area contributed by atoms with Crippen LogP contribution in [0.1, 0.15) is 64.2 Å². The number of methoxy groups -OCH3 is 1. The number of cyclic esters (lactones) is 2. The van der Waals surface area contributed by atoms with Crippen LogP contribution in [0.5, 0.6) is 5.75 Å². The minimum absolute atomic E-state index is 0.0361. The van der Waals surface area contributed by atoms with Gasteiger partial charge in [0.25, 0.3) is 0 Å². The van der Waals surface area contributed by atoms with Crippen molar-refractivity contribution >= 4 is 35.4 Å². The van der Waals surface area contributed by atoms with Crippen LogP contribution in [-0.2, 0) is 39.8 Å². The van der Waals surface area contributed by atoms with E-state index in [2.05, 4.69) is 10.6 Å². The Balaban J connectivity index is 1.58. The number of hydrogen-bond donors (Lipinski definition) is 2. The SMILES string of the molecule is COc1ccc(C[C@H]2NC(=O)/C=C/C[C@@H]([C@H](C)[C@H]3O[C@@H]3c3ccccc3)OC(=O)[C@H](CC(C)C)OC(=O)C[C@@H](C)NC2=O)cc1Cl. The van der Waals surface area contributed by atoms with Gasteiger partial charge in [-0.2, -0.15) is 0 Å². The molecule has 10 nitrogen and oxygen atoms in total. The maximum Gasteiger partial charge on any atom is 0.347 e. The van der Waals surface area contributed by atoms with E-state index in [4.69, 9.17) is 30.5 Å². The van der Waals surface area contributed by atoms with Gasteiger partial charge in [-0.3, -0.25) is 14.4 Å². The third-order valence-electron chi connectivity index (χ3n) is 8.04. The zero-order valence-corrected chi connectivity index (χ0v) is 27.6. The normalized spacial score (nSPS) is 27.5. The summed E-state index contributed by atoms with van der Waals surface area (Å²) in [6, 6.07) is 13.3. The topological polar surface area (TPSA) is 133 Å². The van der Waals surface area contributed by atoms with Gasteiger partial charge in [-0.1, -0.05) is 74.8 Å². The molecule has 0 saturated carbocycles. The third-order valence-corrected chi connectivity index (χ3v) is 8.33. The number of epoxide rings is 1. The molecule has 2 aromatic carbocycles. The standard InChI is InChI=1S/C35H43ClN2O8/c1-20(2)16-29-35(42)45-27(22(4)32-33(46-32)24-10-7-6-8-11-24)12-9-13-30(39)38-26(34(41)37-21(3)17-31(40)44-29)19-23-14-15-28(43-5)25(36)18-23/h6-11,13-15,18,20-22,26-27,29,32-33H,12,16-17,19H2,1-5H3,(H,37,41)(H,38,39)/b13-9+/t21-,22+,26-,27+,29+,32-,33-/m1/s1. The summed E-state index contributed by atoms with van der Waals surface area (Å²) in [4.78, 5) is 52.9. The number of amides is 2. The predicted molar refractivity (Wildman–Crippen MR) is 172 cm³/mol. The number of hydrogen-bond acceptors (Lipinski definition) is 8. The lowest BCUT2D eigenvalue weighted by Gasteiger charge is -2.26. The molecule has 2 heterocycles. The Morgan fingerprint density at radius 2 is 1.74 bits per heavy atom. The summed E-state index contributed by atoms with van der Waals surface area (Å²) in [5.74, 6) is -2.01. The quantitative estimate of drug-likeness (QED) is 0.304. The first-order valence-electron chi connectivity index (χ1n) is 15.6. The fraction of sp³-hybridized carbons (Fsp3) is 0.486. The molecule has 0 aliphatic carbocycles. The molecule has 2 N–H and O–H groups in total. The summed E-state index contributed by atoms with van der Waals surface area (Å²) < 4.78 is 22.9. The van der Waals surface area contributed by atoms with E-state index >= 15 is 0 Å². The summed E-state index contributed by atoms with van der Waals surface area (Å²) >= 11 is 6.30. The first kappa shape index (κ1) is 35.0.